The fourth-order valence-corrected chi connectivity index (χ4v) is 4.99. The van der Waals surface area contributed by atoms with Gasteiger partial charge in [-0.05, 0) is 36.8 Å². The number of hydrogen-bond donors (Lipinski definition) is 0. The van der Waals surface area contributed by atoms with E-state index in [4.69, 9.17) is 0 Å². The van der Waals surface area contributed by atoms with Gasteiger partial charge in [-0.15, -0.1) is 0 Å². The first kappa shape index (κ1) is 20.1. The monoisotopic (exact) mass is 454 g/mol. The minimum Gasteiger partial charge on any atom is -0.296 e. The number of hydrogen-bond acceptors (Lipinski definition) is 4. The lowest BCUT2D eigenvalue weighted by Crippen LogP contribution is -2.48. The number of piperazine rings is 1. The van der Waals surface area contributed by atoms with Gasteiger partial charge in [0.2, 0.25) is 10.0 Å². The molecule has 0 aliphatic carbocycles. The van der Waals surface area contributed by atoms with Crippen molar-refractivity contribution in [2.75, 3.05) is 26.2 Å². The molecule has 0 radical (unpaired) electrons. The van der Waals surface area contributed by atoms with E-state index in [-0.39, 0.29) is 16.5 Å². The molecule has 0 bridgehead atoms. The van der Waals surface area contributed by atoms with Gasteiger partial charge in [0.25, 0.3) is 0 Å². The number of ketones is 1. The van der Waals surface area contributed by atoms with Crippen LogP contribution in [0.3, 0.4) is 0 Å². The number of rotatable bonds is 5. The van der Waals surface area contributed by atoms with Crippen LogP contribution in [-0.4, -0.2) is 49.6 Å². The maximum absolute atomic E-state index is 13.2. The second-order valence-corrected chi connectivity index (χ2v) is 9.29. The Kier molecular flexibility index (Phi) is 6.10. The Morgan fingerprint density at radius 2 is 1.81 bits per heavy atom. The molecule has 1 saturated heterocycles. The Bertz CT molecular complexity index is 957. The maximum Gasteiger partial charge on any atom is 0.243 e. The van der Waals surface area contributed by atoms with Crippen molar-refractivity contribution in [1.29, 1.82) is 0 Å². The molecule has 27 heavy (non-hydrogen) atoms. The molecule has 8 heteroatoms. The van der Waals surface area contributed by atoms with E-state index in [9.17, 15) is 17.6 Å². The lowest BCUT2D eigenvalue weighted by Gasteiger charge is -2.34. The van der Waals surface area contributed by atoms with Crippen LogP contribution >= 0.6 is 15.9 Å². The Morgan fingerprint density at radius 3 is 2.44 bits per heavy atom. The number of sulfonamides is 1. The SMILES string of the molecule is CC(=O)c1cccc(S(=O)(=O)N2CCN(Cc3ccc(F)cc3Br)CC2)c1. The van der Waals surface area contributed by atoms with Crippen molar-refractivity contribution in [3.05, 3.63) is 63.9 Å². The molecule has 144 valence electrons. The average Bonchev–Trinajstić information content (AvgIpc) is 2.64. The molecule has 0 N–H and O–H groups in total. The largest absolute Gasteiger partial charge is 0.296 e. The average molecular weight is 455 g/mol. The summed E-state index contributed by atoms with van der Waals surface area (Å²) in [4.78, 5) is 13.8. The molecule has 0 amide bonds. The second-order valence-electron chi connectivity index (χ2n) is 6.50. The standard InChI is InChI=1S/C19H20BrFN2O3S/c1-14(24)15-3-2-4-18(11-15)27(25,26)23-9-7-22(8-10-23)13-16-5-6-17(21)12-19(16)20/h2-6,11-12H,7-10,13H2,1H3. The quantitative estimate of drug-likeness (QED) is 0.650. The minimum atomic E-state index is -3.63. The van der Waals surface area contributed by atoms with Gasteiger partial charge in [-0.2, -0.15) is 4.31 Å². The van der Waals surface area contributed by atoms with Crippen LogP contribution in [0, 0.1) is 5.82 Å². The van der Waals surface area contributed by atoms with Crippen molar-refractivity contribution in [3.63, 3.8) is 0 Å². The zero-order valence-corrected chi connectivity index (χ0v) is 17.3. The first-order chi connectivity index (χ1) is 12.8. The molecule has 0 spiro atoms. The van der Waals surface area contributed by atoms with E-state index >= 15 is 0 Å². The van der Waals surface area contributed by atoms with Crippen molar-refractivity contribution in [3.8, 4) is 0 Å². The predicted molar refractivity (Wildman–Crippen MR) is 105 cm³/mol. The van der Waals surface area contributed by atoms with Gasteiger partial charge in [-0.1, -0.05) is 34.1 Å². The molecule has 1 aliphatic rings. The third-order valence-electron chi connectivity index (χ3n) is 4.62. The maximum atomic E-state index is 13.2. The van der Waals surface area contributed by atoms with E-state index in [1.807, 2.05) is 0 Å². The Balaban J connectivity index is 1.67. The smallest absolute Gasteiger partial charge is 0.243 e. The zero-order chi connectivity index (χ0) is 19.6. The van der Waals surface area contributed by atoms with Crippen molar-refractivity contribution in [2.24, 2.45) is 0 Å². The minimum absolute atomic E-state index is 0.143. The van der Waals surface area contributed by atoms with Gasteiger partial charge in [-0.25, -0.2) is 12.8 Å². The summed E-state index contributed by atoms with van der Waals surface area (Å²) in [6.45, 7) is 3.93. The molecule has 1 fully saturated rings. The van der Waals surface area contributed by atoms with Crippen LogP contribution < -0.4 is 0 Å². The first-order valence-corrected chi connectivity index (χ1v) is 10.8. The van der Waals surface area contributed by atoms with Gasteiger partial charge in [0.05, 0.1) is 4.90 Å². The molecule has 0 unspecified atom stereocenters. The first-order valence-electron chi connectivity index (χ1n) is 8.55. The highest BCUT2D eigenvalue weighted by Crippen LogP contribution is 2.22. The molecule has 1 heterocycles. The molecule has 2 aromatic rings. The van der Waals surface area contributed by atoms with Gasteiger partial charge >= 0.3 is 0 Å². The third kappa shape index (κ3) is 4.63. The van der Waals surface area contributed by atoms with Crippen LogP contribution in [0.4, 0.5) is 4.39 Å². The summed E-state index contributed by atoms with van der Waals surface area (Å²) >= 11 is 3.37. The van der Waals surface area contributed by atoms with Gasteiger partial charge in [-0.3, -0.25) is 9.69 Å². The van der Waals surface area contributed by atoms with Gasteiger partial charge < -0.3 is 0 Å². The summed E-state index contributed by atoms with van der Waals surface area (Å²) in [6, 6.07) is 10.7. The van der Waals surface area contributed by atoms with Crippen molar-refractivity contribution in [2.45, 2.75) is 18.4 Å². The lowest BCUT2D eigenvalue weighted by atomic mass is 10.2. The number of benzene rings is 2. The second kappa shape index (κ2) is 8.18. The number of Topliss-reactive ketones (excluding diaryl/α,β-unsaturated/α-hetero) is 1. The van der Waals surface area contributed by atoms with Crippen molar-refractivity contribution in [1.82, 2.24) is 9.21 Å². The predicted octanol–water partition coefficient (Wildman–Crippen LogP) is 3.30. The molecule has 0 atom stereocenters. The van der Waals surface area contributed by atoms with Crippen molar-refractivity contribution < 1.29 is 17.6 Å². The normalized spacial score (nSPS) is 16.4. The number of carbonyl (C=O) groups excluding carboxylic acids is 1. The summed E-state index contributed by atoms with van der Waals surface area (Å²) in [5, 5.41) is 0. The van der Waals surface area contributed by atoms with E-state index in [1.54, 1.807) is 18.2 Å². The fourth-order valence-electron chi connectivity index (χ4n) is 3.04. The highest BCUT2D eigenvalue weighted by Gasteiger charge is 2.29. The summed E-state index contributed by atoms with van der Waals surface area (Å²) in [7, 11) is -3.63. The summed E-state index contributed by atoms with van der Waals surface area (Å²) in [5.74, 6) is -0.462. The zero-order valence-electron chi connectivity index (χ0n) is 14.9. The van der Waals surface area contributed by atoms with Gasteiger partial charge in [0.1, 0.15) is 5.82 Å². The van der Waals surface area contributed by atoms with Crippen LogP contribution in [-0.2, 0) is 16.6 Å². The summed E-state index contributed by atoms with van der Waals surface area (Å²) in [5.41, 5.74) is 1.35. The summed E-state index contributed by atoms with van der Waals surface area (Å²) in [6.07, 6.45) is 0. The third-order valence-corrected chi connectivity index (χ3v) is 7.25. The molecule has 3 rings (SSSR count). The number of halogens is 2. The molecule has 5 nitrogen and oxygen atoms in total. The molecular formula is C19H20BrFN2O3S. The van der Waals surface area contributed by atoms with E-state index in [0.29, 0.717) is 42.8 Å². The molecule has 0 aromatic heterocycles. The van der Waals surface area contributed by atoms with Crippen molar-refractivity contribution >= 4 is 31.7 Å². The van der Waals surface area contributed by atoms with Crippen LogP contribution in [0.2, 0.25) is 0 Å². The van der Waals surface area contributed by atoms with Crippen LogP contribution in [0.25, 0.3) is 0 Å². The van der Waals surface area contributed by atoms with E-state index < -0.39 is 10.0 Å². The van der Waals surface area contributed by atoms with Gasteiger partial charge in [0, 0.05) is 42.8 Å². The highest BCUT2D eigenvalue weighted by atomic mass is 79.9. The molecule has 2 aromatic carbocycles. The number of carbonyl (C=O) groups is 1. The van der Waals surface area contributed by atoms with Crippen LogP contribution in [0.1, 0.15) is 22.8 Å². The lowest BCUT2D eigenvalue weighted by molar-refractivity contribution is 0.101. The Hall–Kier alpha value is -1.61. The van der Waals surface area contributed by atoms with E-state index in [1.165, 1.54) is 35.5 Å². The van der Waals surface area contributed by atoms with E-state index in [0.717, 1.165) is 5.56 Å². The van der Waals surface area contributed by atoms with Gasteiger partial charge in [0.15, 0.2) is 5.78 Å². The number of nitrogens with zero attached hydrogens (tertiary/aromatic N) is 2. The Morgan fingerprint density at radius 1 is 1.11 bits per heavy atom. The van der Waals surface area contributed by atoms with Crippen LogP contribution in [0.15, 0.2) is 51.8 Å². The molecular weight excluding hydrogens is 435 g/mol. The summed E-state index contributed by atoms with van der Waals surface area (Å²) < 4.78 is 41.1. The Labute approximate surface area is 167 Å². The molecule has 1 aliphatic heterocycles. The highest BCUT2D eigenvalue weighted by molar-refractivity contribution is 9.10. The topological polar surface area (TPSA) is 57.7 Å². The fraction of sp³-hybridized carbons (Fsp3) is 0.316. The van der Waals surface area contributed by atoms with Crippen LogP contribution in [0.5, 0.6) is 0 Å². The van der Waals surface area contributed by atoms with E-state index in [2.05, 4.69) is 20.8 Å². The molecule has 0 saturated carbocycles.